The second kappa shape index (κ2) is 13.1. The van der Waals surface area contributed by atoms with Crippen LogP contribution in [0.15, 0.2) is 18.2 Å². The number of rotatable bonds is 8. The van der Waals surface area contributed by atoms with E-state index in [1.165, 1.54) is 38.5 Å². The van der Waals surface area contributed by atoms with Crippen molar-refractivity contribution >= 4 is 17.5 Å². The van der Waals surface area contributed by atoms with E-state index >= 15 is 0 Å². The van der Waals surface area contributed by atoms with Crippen molar-refractivity contribution in [3.63, 3.8) is 0 Å². The molecule has 2 N–H and O–H groups in total. The Morgan fingerprint density at radius 2 is 1.78 bits per heavy atom. The van der Waals surface area contributed by atoms with Crippen molar-refractivity contribution in [2.45, 2.75) is 90.2 Å². The van der Waals surface area contributed by atoms with Gasteiger partial charge in [-0.2, -0.15) is 0 Å². The van der Waals surface area contributed by atoms with Crippen molar-refractivity contribution < 1.29 is 19.4 Å². The number of nitrogens with one attached hydrogen (secondary N) is 1. The van der Waals surface area contributed by atoms with Crippen molar-refractivity contribution in [2.75, 3.05) is 38.6 Å². The van der Waals surface area contributed by atoms with Crippen LogP contribution in [0.25, 0.3) is 0 Å². The average molecular weight is 514 g/mol. The molecule has 2 aliphatic carbocycles. The summed E-state index contributed by atoms with van der Waals surface area (Å²) in [5.41, 5.74) is 1.08. The number of carbonyl (C=O) groups is 2. The third kappa shape index (κ3) is 7.26. The second-order valence-corrected chi connectivity index (χ2v) is 11.9. The van der Waals surface area contributed by atoms with Gasteiger partial charge < -0.3 is 25.0 Å². The van der Waals surface area contributed by atoms with Crippen molar-refractivity contribution in [2.24, 2.45) is 17.8 Å². The molecule has 0 bridgehead atoms. The summed E-state index contributed by atoms with van der Waals surface area (Å²) in [6.45, 7) is 6.28. The van der Waals surface area contributed by atoms with Gasteiger partial charge in [0.2, 0.25) is 5.91 Å². The number of benzene rings is 1. The lowest BCUT2D eigenvalue weighted by Gasteiger charge is -2.38. The predicted molar refractivity (Wildman–Crippen MR) is 147 cm³/mol. The van der Waals surface area contributed by atoms with Gasteiger partial charge in [0.05, 0.1) is 18.2 Å². The maximum atomic E-state index is 13.7. The van der Waals surface area contributed by atoms with Gasteiger partial charge in [-0.15, -0.1) is 0 Å². The molecule has 0 radical (unpaired) electrons. The number of hydrogen-bond donors (Lipinski definition) is 2. The van der Waals surface area contributed by atoms with Crippen LogP contribution in [0.2, 0.25) is 0 Å². The minimum Gasteiger partial charge on any atom is -0.488 e. The zero-order valence-corrected chi connectivity index (χ0v) is 23.1. The van der Waals surface area contributed by atoms with E-state index in [2.05, 4.69) is 24.2 Å². The van der Waals surface area contributed by atoms with Crippen LogP contribution in [-0.4, -0.2) is 72.2 Å². The maximum Gasteiger partial charge on any atom is 0.258 e. The molecule has 2 fully saturated rings. The predicted octanol–water partition coefficient (Wildman–Crippen LogP) is 4.94. The highest BCUT2D eigenvalue weighted by molar-refractivity contribution is 6.00. The molecule has 0 saturated heterocycles. The number of fused-ring (bicyclic) bond motifs is 1. The molecule has 1 heterocycles. The Balaban J connectivity index is 1.53. The first-order valence-electron chi connectivity index (χ1n) is 14.6. The summed E-state index contributed by atoms with van der Waals surface area (Å²) in [4.78, 5) is 30.7. The van der Waals surface area contributed by atoms with Crippen LogP contribution in [0.5, 0.6) is 5.75 Å². The zero-order valence-electron chi connectivity index (χ0n) is 23.1. The second-order valence-electron chi connectivity index (χ2n) is 11.9. The molecule has 0 spiro atoms. The van der Waals surface area contributed by atoms with Gasteiger partial charge in [-0.25, -0.2) is 0 Å². The zero-order chi connectivity index (χ0) is 26.4. The van der Waals surface area contributed by atoms with Crippen LogP contribution in [0.1, 0.15) is 88.4 Å². The summed E-state index contributed by atoms with van der Waals surface area (Å²) in [6, 6.07) is 5.13. The Hall–Kier alpha value is -2.12. The Labute approximate surface area is 222 Å². The van der Waals surface area contributed by atoms with Gasteiger partial charge in [-0.1, -0.05) is 45.4 Å². The maximum absolute atomic E-state index is 13.7. The molecule has 7 heteroatoms. The summed E-state index contributed by atoms with van der Waals surface area (Å²) >= 11 is 0. The quantitative estimate of drug-likeness (QED) is 0.515. The molecule has 206 valence electrons. The average Bonchev–Trinajstić information content (AvgIpc) is 2.91. The SMILES string of the molecule is C[C@H]1CN([C@@H](C)CO)C(=O)c2cc(NC(=O)C3CCCCC3)ccc2O[C@H]1CN(C)CC1CCCCC1. The molecule has 2 amide bonds. The van der Waals surface area contributed by atoms with E-state index in [0.717, 1.165) is 44.7 Å². The van der Waals surface area contributed by atoms with E-state index in [4.69, 9.17) is 4.74 Å². The lowest BCUT2D eigenvalue weighted by Crippen LogP contribution is -2.50. The number of carbonyl (C=O) groups excluding carboxylic acids is 2. The standard InChI is InChI=1S/C30H47N3O4/c1-21-17-33(22(2)20-34)30(36)26-16-25(31-29(35)24-12-8-5-9-13-24)14-15-27(26)37-28(21)19-32(3)18-23-10-6-4-7-11-23/h14-16,21-24,28,34H,4-13,17-20H2,1-3H3,(H,31,35)/t21-,22-,28-/m0/s1. The van der Waals surface area contributed by atoms with E-state index in [9.17, 15) is 14.7 Å². The van der Waals surface area contributed by atoms with Crippen LogP contribution >= 0.6 is 0 Å². The molecule has 1 aliphatic heterocycles. The minimum absolute atomic E-state index is 0.0373. The van der Waals surface area contributed by atoms with Gasteiger partial charge in [0.1, 0.15) is 11.9 Å². The first-order chi connectivity index (χ1) is 17.9. The molecular weight excluding hydrogens is 466 g/mol. The number of aliphatic hydroxyl groups excluding tert-OH is 1. The summed E-state index contributed by atoms with van der Waals surface area (Å²) in [6.07, 6.45) is 11.8. The highest BCUT2D eigenvalue weighted by atomic mass is 16.5. The van der Waals surface area contributed by atoms with Crippen LogP contribution in [0.4, 0.5) is 5.69 Å². The minimum atomic E-state index is -0.304. The molecule has 0 unspecified atom stereocenters. The molecule has 3 atom stereocenters. The molecule has 1 aromatic carbocycles. The van der Waals surface area contributed by atoms with Gasteiger partial charge in [0.25, 0.3) is 5.91 Å². The largest absolute Gasteiger partial charge is 0.488 e. The fourth-order valence-electron chi connectivity index (χ4n) is 6.32. The van der Waals surface area contributed by atoms with Crippen LogP contribution in [0, 0.1) is 17.8 Å². The topological polar surface area (TPSA) is 82.1 Å². The van der Waals surface area contributed by atoms with E-state index in [1.54, 1.807) is 11.0 Å². The Morgan fingerprint density at radius 3 is 2.46 bits per heavy atom. The smallest absolute Gasteiger partial charge is 0.258 e. The first-order valence-corrected chi connectivity index (χ1v) is 14.6. The van der Waals surface area contributed by atoms with Crippen LogP contribution < -0.4 is 10.1 Å². The summed E-state index contributed by atoms with van der Waals surface area (Å²) in [5.74, 6) is 1.32. The number of anilines is 1. The molecule has 4 rings (SSSR count). The van der Waals surface area contributed by atoms with E-state index in [1.807, 2.05) is 19.1 Å². The summed E-state index contributed by atoms with van der Waals surface area (Å²) in [7, 11) is 2.17. The molecule has 1 aromatic rings. The Bertz CT molecular complexity index is 910. The molecule has 7 nitrogen and oxygen atoms in total. The number of amides is 2. The van der Waals surface area contributed by atoms with Gasteiger partial charge in [-0.3, -0.25) is 9.59 Å². The number of likely N-dealkylation sites (N-methyl/N-ethyl adjacent to an activating group) is 1. The van der Waals surface area contributed by atoms with Gasteiger partial charge in [0, 0.05) is 37.2 Å². The van der Waals surface area contributed by atoms with E-state index in [0.29, 0.717) is 23.5 Å². The molecular formula is C30H47N3O4. The highest BCUT2D eigenvalue weighted by Crippen LogP contribution is 2.32. The number of ether oxygens (including phenoxy) is 1. The lowest BCUT2D eigenvalue weighted by atomic mass is 9.88. The Morgan fingerprint density at radius 1 is 1.11 bits per heavy atom. The molecule has 3 aliphatic rings. The normalized spacial score (nSPS) is 24.7. The van der Waals surface area contributed by atoms with Crippen molar-refractivity contribution in [1.82, 2.24) is 9.80 Å². The van der Waals surface area contributed by atoms with Crippen molar-refractivity contribution in [3.8, 4) is 5.75 Å². The number of hydrogen-bond acceptors (Lipinski definition) is 5. The first kappa shape index (κ1) is 27.9. The van der Waals surface area contributed by atoms with Crippen molar-refractivity contribution in [3.05, 3.63) is 23.8 Å². The summed E-state index contributed by atoms with van der Waals surface area (Å²) in [5, 5.41) is 13.0. The van der Waals surface area contributed by atoms with Crippen LogP contribution in [-0.2, 0) is 4.79 Å². The van der Waals surface area contributed by atoms with Gasteiger partial charge >= 0.3 is 0 Å². The fraction of sp³-hybridized carbons (Fsp3) is 0.733. The number of nitrogens with zero attached hydrogens (tertiary/aromatic N) is 2. The summed E-state index contributed by atoms with van der Waals surface area (Å²) < 4.78 is 6.55. The Kier molecular flexibility index (Phi) is 9.88. The van der Waals surface area contributed by atoms with Gasteiger partial charge in [0.15, 0.2) is 0 Å². The van der Waals surface area contributed by atoms with Crippen LogP contribution in [0.3, 0.4) is 0 Å². The molecule has 0 aromatic heterocycles. The monoisotopic (exact) mass is 513 g/mol. The lowest BCUT2D eigenvalue weighted by molar-refractivity contribution is -0.120. The number of aliphatic hydroxyl groups is 1. The van der Waals surface area contributed by atoms with Crippen molar-refractivity contribution in [1.29, 1.82) is 0 Å². The third-order valence-corrected chi connectivity index (χ3v) is 8.69. The van der Waals surface area contributed by atoms with Gasteiger partial charge in [-0.05, 0) is 63.8 Å². The van der Waals surface area contributed by atoms with E-state index < -0.39 is 0 Å². The molecule has 2 saturated carbocycles. The molecule has 37 heavy (non-hydrogen) atoms. The van der Waals surface area contributed by atoms with E-state index in [-0.39, 0.29) is 42.4 Å². The third-order valence-electron chi connectivity index (χ3n) is 8.69. The fourth-order valence-corrected chi connectivity index (χ4v) is 6.32. The highest BCUT2D eigenvalue weighted by Gasteiger charge is 2.34.